The maximum Gasteiger partial charge on any atom is 0.255 e. The summed E-state index contributed by atoms with van der Waals surface area (Å²) in [7, 11) is 1.54. The number of halogens is 3. The van der Waals surface area contributed by atoms with E-state index in [1.165, 1.54) is 7.11 Å². The van der Waals surface area contributed by atoms with E-state index in [0.29, 0.717) is 39.4 Å². The second kappa shape index (κ2) is 8.08. The highest BCUT2D eigenvalue weighted by molar-refractivity contribution is 14.1. The van der Waals surface area contributed by atoms with Gasteiger partial charge in [-0.05, 0) is 59.8 Å². The molecule has 0 unspecified atom stereocenters. The maximum atomic E-state index is 12.4. The molecule has 0 aliphatic rings. The Labute approximate surface area is 158 Å². The van der Waals surface area contributed by atoms with Gasteiger partial charge in [0, 0.05) is 11.3 Å². The Hall–Kier alpha value is -1.18. The molecular formula is C16H14Cl2INO3. The topological polar surface area (TPSA) is 47.6 Å². The van der Waals surface area contributed by atoms with Gasteiger partial charge in [-0.2, -0.15) is 0 Å². The summed E-state index contributed by atoms with van der Waals surface area (Å²) in [6.45, 7) is 2.40. The largest absolute Gasteiger partial charge is 0.493 e. The van der Waals surface area contributed by atoms with Crippen molar-refractivity contribution in [3.63, 3.8) is 0 Å². The van der Waals surface area contributed by atoms with Crippen LogP contribution < -0.4 is 14.8 Å². The minimum Gasteiger partial charge on any atom is -0.493 e. The first-order valence-electron chi connectivity index (χ1n) is 6.73. The van der Waals surface area contributed by atoms with Gasteiger partial charge in [0.2, 0.25) is 0 Å². The van der Waals surface area contributed by atoms with Crippen LogP contribution in [0.3, 0.4) is 0 Å². The van der Waals surface area contributed by atoms with Gasteiger partial charge in [0.25, 0.3) is 5.91 Å². The van der Waals surface area contributed by atoms with Crippen LogP contribution >= 0.6 is 45.8 Å². The molecule has 0 bridgehead atoms. The van der Waals surface area contributed by atoms with Gasteiger partial charge in [-0.3, -0.25) is 4.79 Å². The van der Waals surface area contributed by atoms with Crippen LogP contribution in [-0.2, 0) is 0 Å². The second-order valence-electron chi connectivity index (χ2n) is 4.51. The maximum absolute atomic E-state index is 12.4. The number of nitrogens with one attached hydrogen (secondary N) is 1. The second-order valence-corrected chi connectivity index (χ2v) is 6.48. The molecule has 0 radical (unpaired) electrons. The van der Waals surface area contributed by atoms with Gasteiger partial charge in [0.05, 0.1) is 27.3 Å². The molecule has 4 nitrogen and oxygen atoms in total. The highest BCUT2D eigenvalue weighted by Crippen LogP contribution is 2.34. The number of hydrogen-bond donors (Lipinski definition) is 1. The average molecular weight is 466 g/mol. The van der Waals surface area contributed by atoms with Crippen LogP contribution in [0.5, 0.6) is 11.5 Å². The Morgan fingerprint density at radius 2 is 1.96 bits per heavy atom. The summed E-state index contributed by atoms with van der Waals surface area (Å²) in [5.41, 5.74) is 1.02. The molecule has 1 N–H and O–H groups in total. The lowest BCUT2D eigenvalue weighted by Crippen LogP contribution is -2.13. The number of carbonyl (C=O) groups is 1. The zero-order chi connectivity index (χ0) is 17.0. The van der Waals surface area contributed by atoms with Gasteiger partial charge >= 0.3 is 0 Å². The number of rotatable bonds is 5. The number of hydrogen-bond acceptors (Lipinski definition) is 3. The van der Waals surface area contributed by atoms with E-state index in [0.717, 1.165) is 3.57 Å². The molecule has 1 amide bonds. The SMILES string of the molecule is CCOc1c(I)cc(C(=O)Nc2ccc(Cl)c(Cl)c2)cc1OC. The van der Waals surface area contributed by atoms with E-state index in [2.05, 4.69) is 27.9 Å². The van der Waals surface area contributed by atoms with Crippen molar-refractivity contribution < 1.29 is 14.3 Å². The van der Waals surface area contributed by atoms with Crippen LogP contribution in [0.15, 0.2) is 30.3 Å². The highest BCUT2D eigenvalue weighted by atomic mass is 127. The van der Waals surface area contributed by atoms with E-state index >= 15 is 0 Å². The predicted molar refractivity (Wildman–Crippen MR) is 101 cm³/mol. The molecule has 0 fully saturated rings. The molecule has 0 aliphatic carbocycles. The molecule has 23 heavy (non-hydrogen) atoms. The van der Waals surface area contributed by atoms with Crippen LogP contribution in [0.25, 0.3) is 0 Å². The third-order valence-corrected chi connectivity index (χ3v) is 4.50. The molecule has 2 rings (SSSR count). The molecule has 2 aromatic rings. The predicted octanol–water partition coefficient (Wildman–Crippen LogP) is 5.26. The van der Waals surface area contributed by atoms with Crippen molar-refractivity contribution in [2.24, 2.45) is 0 Å². The van der Waals surface area contributed by atoms with Crippen molar-refractivity contribution in [1.82, 2.24) is 0 Å². The summed E-state index contributed by atoms with van der Waals surface area (Å²) >= 11 is 13.9. The molecule has 0 aromatic heterocycles. The summed E-state index contributed by atoms with van der Waals surface area (Å²) in [6.07, 6.45) is 0. The number of carbonyl (C=O) groups excluding carboxylic acids is 1. The molecule has 0 saturated carbocycles. The van der Waals surface area contributed by atoms with Crippen molar-refractivity contribution >= 4 is 57.4 Å². The molecule has 0 aliphatic heterocycles. The first-order valence-corrected chi connectivity index (χ1v) is 8.56. The van der Waals surface area contributed by atoms with E-state index in [1.54, 1.807) is 30.3 Å². The third-order valence-electron chi connectivity index (χ3n) is 2.96. The zero-order valence-electron chi connectivity index (χ0n) is 12.5. The van der Waals surface area contributed by atoms with Crippen LogP contribution in [0.4, 0.5) is 5.69 Å². The number of anilines is 1. The third kappa shape index (κ3) is 4.43. The summed E-state index contributed by atoms with van der Waals surface area (Å²) < 4.78 is 11.6. The number of benzene rings is 2. The first-order chi connectivity index (χ1) is 11.0. The van der Waals surface area contributed by atoms with Crippen molar-refractivity contribution in [1.29, 1.82) is 0 Å². The molecule has 2 aromatic carbocycles. The first kappa shape index (κ1) is 18.2. The van der Waals surface area contributed by atoms with Gasteiger partial charge in [0.1, 0.15) is 0 Å². The number of ether oxygens (including phenoxy) is 2. The van der Waals surface area contributed by atoms with Crippen LogP contribution in [0, 0.1) is 3.57 Å². The van der Waals surface area contributed by atoms with Gasteiger partial charge < -0.3 is 14.8 Å². The van der Waals surface area contributed by atoms with Crippen molar-refractivity contribution in [2.75, 3.05) is 19.0 Å². The van der Waals surface area contributed by atoms with E-state index in [9.17, 15) is 4.79 Å². The lowest BCUT2D eigenvalue weighted by molar-refractivity contribution is 0.102. The van der Waals surface area contributed by atoms with Gasteiger partial charge in [-0.15, -0.1) is 0 Å². The van der Waals surface area contributed by atoms with E-state index < -0.39 is 0 Å². The lowest BCUT2D eigenvalue weighted by Gasteiger charge is -2.13. The summed E-state index contributed by atoms with van der Waals surface area (Å²) in [4.78, 5) is 12.4. The smallest absolute Gasteiger partial charge is 0.255 e. The minimum atomic E-state index is -0.275. The van der Waals surface area contributed by atoms with Crippen LogP contribution in [0.2, 0.25) is 10.0 Å². The quantitative estimate of drug-likeness (QED) is 0.613. The zero-order valence-corrected chi connectivity index (χ0v) is 16.1. The molecule has 0 spiro atoms. The van der Waals surface area contributed by atoms with E-state index in [1.807, 2.05) is 6.92 Å². The minimum absolute atomic E-state index is 0.275. The van der Waals surface area contributed by atoms with Crippen LogP contribution in [-0.4, -0.2) is 19.6 Å². The Balaban J connectivity index is 2.28. The molecule has 0 atom stereocenters. The van der Waals surface area contributed by atoms with Gasteiger partial charge in [-0.1, -0.05) is 23.2 Å². The number of amides is 1. The molecule has 0 saturated heterocycles. The van der Waals surface area contributed by atoms with Gasteiger partial charge in [-0.25, -0.2) is 0 Å². The summed E-state index contributed by atoms with van der Waals surface area (Å²) in [5, 5.41) is 3.58. The average Bonchev–Trinajstić information content (AvgIpc) is 2.52. The van der Waals surface area contributed by atoms with E-state index in [-0.39, 0.29) is 5.91 Å². The Morgan fingerprint density at radius 3 is 2.57 bits per heavy atom. The van der Waals surface area contributed by atoms with Crippen molar-refractivity contribution in [3.05, 3.63) is 49.5 Å². The van der Waals surface area contributed by atoms with Gasteiger partial charge in [0.15, 0.2) is 11.5 Å². The Morgan fingerprint density at radius 1 is 1.22 bits per heavy atom. The fraction of sp³-hybridized carbons (Fsp3) is 0.188. The fourth-order valence-electron chi connectivity index (χ4n) is 1.91. The van der Waals surface area contributed by atoms with E-state index in [4.69, 9.17) is 32.7 Å². The normalized spacial score (nSPS) is 10.3. The van der Waals surface area contributed by atoms with Crippen LogP contribution in [0.1, 0.15) is 17.3 Å². The van der Waals surface area contributed by atoms with Crippen molar-refractivity contribution in [2.45, 2.75) is 6.92 Å². The molecule has 122 valence electrons. The number of methoxy groups -OCH3 is 1. The summed E-state index contributed by atoms with van der Waals surface area (Å²) in [5.74, 6) is 0.863. The summed E-state index contributed by atoms with van der Waals surface area (Å²) in [6, 6.07) is 8.28. The Bertz CT molecular complexity index is 738. The fourth-order valence-corrected chi connectivity index (χ4v) is 2.97. The molecule has 7 heteroatoms. The standard InChI is InChI=1S/C16H14Cl2INO3/c1-3-23-15-13(19)6-9(7-14(15)22-2)16(21)20-10-4-5-11(17)12(18)8-10/h4-8H,3H2,1-2H3,(H,20,21). The molecule has 0 heterocycles. The highest BCUT2D eigenvalue weighted by Gasteiger charge is 2.15. The monoisotopic (exact) mass is 465 g/mol. The lowest BCUT2D eigenvalue weighted by atomic mass is 10.2. The molecular weight excluding hydrogens is 452 g/mol. The Kier molecular flexibility index (Phi) is 6.38. The van der Waals surface area contributed by atoms with Crippen molar-refractivity contribution in [3.8, 4) is 11.5 Å².